The lowest BCUT2D eigenvalue weighted by atomic mass is 10.0. The lowest BCUT2D eigenvalue weighted by molar-refractivity contribution is -0.160. The summed E-state index contributed by atoms with van der Waals surface area (Å²) in [6.07, 6.45) is -0.113. The molecule has 1 aromatic heterocycles. The number of esters is 1. The van der Waals surface area contributed by atoms with Gasteiger partial charge in [0, 0.05) is 30.6 Å². The van der Waals surface area contributed by atoms with Crippen molar-refractivity contribution in [1.82, 2.24) is 4.57 Å². The molecule has 1 saturated heterocycles. The number of halogens is 3. The fourth-order valence-electron chi connectivity index (χ4n) is 3.60. The van der Waals surface area contributed by atoms with Crippen molar-refractivity contribution >= 4 is 29.2 Å². The Balaban J connectivity index is 1.97. The fraction of sp³-hybridized carbons (Fsp3) is 0.450. The molecule has 0 bridgehead atoms. The van der Waals surface area contributed by atoms with E-state index in [9.17, 15) is 14.3 Å². The minimum Gasteiger partial charge on any atom is -0.462 e. The lowest BCUT2D eigenvalue weighted by Crippen LogP contribution is -2.33. The molecule has 4 nitrogen and oxygen atoms in total. The number of benzene rings is 1. The zero-order valence-electron chi connectivity index (χ0n) is 15.2. The maximum Gasteiger partial charge on any atom is 0.308 e. The van der Waals surface area contributed by atoms with Gasteiger partial charge in [-0.1, -0.05) is 49.2 Å². The van der Waals surface area contributed by atoms with Crippen LogP contribution >= 0.6 is 23.2 Å². The standard InChI is InChI=1S/C20H22Cl2FNO3/c1-11(2)19-17(21)18(22)20(12-4-3-5-13(23)8-12)24(19)7-6-15-9-14(25)10-16(26)27-15/h3-5,8,11,14-15,25H,6-7,9-10H2,1-2H3/t14-,15-/m0/s1. The number of rotatable bonds is 5. The second-order valence-electron chi connectivity index (χ2n) is 7.17. The van der Waals surface area contributed by atoms with Crippen LogP contribution < -0.4 is 0 Å². The fourth-order valence-corrected chi connectivity index (χ4v) is 4.32. The Labute approximate surface area is 167 Å². The SMILES string of the molecule is CC(C)c1c(Cl)c(Cl)c(-c2cccc(F)c2)n1CC[C@H]1C[C@H](O)CC(=O)O1. The highest BCUT2D eigenvalue weighted by atomic mass is 35.5. The number of nitrogens with zero attached hydrogens (tertiary/aromatic N) is 1. The van der Waals surface area contributed by atoms with Gasteiger partial charge in [-0.15, -0.1) is 0 Å². The molecule has 146 valence electrons. The van der Waals surface area contributed by atoms with Gasteiger partial charge in [0.15, 0.2) is 0 Å². The Hall–Kier alpha value is -1.56. The van der Waals surface area contributed by atoms with E-state index in [0.717, 1.165) is 5.69 Å². The maximum atomic E-state index is 13.8. The average molecular weight is 414 g/mol. The highest BCUT2D eigenvalue weighted by Crippen LogP contribution is 2.42. The summed E-state index contributed by atoms with van der Waals surface area (Å²) >= 11 is 13.0. The molecule has 2 atom stereocenters. The van der Waals surface area contributed by atoms with Crippen LogP contribution in [0.25, 0.3) is 11.3 Å². The third-order valence-corrected chi connectivity index (χ3v) is 5.59. The number of cyclic esters (lactones) is 1. The number of aromatic nitrogens is 1. The van der Waals surface area contributed by atoms with Gasteiger partial charge in [0.1, 0.15) is 11.9 Å². The van der Waals surface area contributed by atoms with Crippen molar-refractivity contribution in [3.63, 3.8) is 0 Å². The quantitative estimate of drug-likeness (QED) is 0.686. The highest BCUT2D eigenvalue weighted by molar-refractivity contribution is 6.44. The molecule has 2 heterocycles. The molecule has 0 spiro atoms. The number of aliphatic hydroxyl groups is 1. The first-order chi connectivity index (χ1) is 12.8. The van der Waals surface area contributed by atoms with Gasteiger partial charge in [0.25, 0.3) is 0 Å². The second kappa shape index (κ2) is 8.21. The predicted octanol–water partition coefficient (Wildman–Crippen LogP) is 5.18. The Morgan fingerprint density at radius 3 is 2.70 bits per heavy atom. The molecule has 7 heteroatoms. The van der Waals surface area contributed by atoms with Crippen LogP contribution in [0.4, 0.5) is 4.39 Å². The topological polar surface area (TPSA) is 51.5 Å². The minimum absolute atomic E-state index is 0.0312. The largest absolute Gasteiger partial charge is 0.462 e. The Morgan fingerprint density at radius 2 is 2.07 bits per heavy atom. The molecule has 1 aliphatic heterocycles. The summed E-state index contributed by atoms with van der Waals surface area (Å²) in [7, 11) is 0. The van der Waals surface area contributed by atoms with Crippen molar-refractivity contribution in [3.8, 4) is 11.3 Å². The maximum absolute atomic E-state index is 13.8. The summed E-state index contributed by atoms with van der Waals surface area (Å²) in [6, 6.07) is 6.20. The molecular formula is C20H22Cl2FNO3. The summed E-state index contributed by atoms with van der Waals surface area (Å²) in [5, 5.41) is 10.6. The van der Waals surface area contributed by atoms with Crippen molar-refractivity contribution in [3.05, 3.63) is 45.8 Å². The van der Waals surface area contributed by atoms with Gasteiger partial charge in [-0.05, 0) is 18.1 Å². The molecule has 2 aromatic rings. The van der Waals surface area contributed by atoms with Gasteiger partial charge in [0.05, 0.1) is 28.3 Å². The number of carbonyl (C=O) groups is 1. The predicted molar refractivity (Wildman–Crippen MR) is 104 cm³/mol. The van der Waals surface area contributed by atoms with Gasteiger partial charge < -0.3 is 14.4 Å². The molecule has 0 amide bonds. The van der Waals surface area contributed by atoms with E-state index in [-0.39, 0.29) is 24.3 Å². The van der Waals surface area contributed by atoms with Crippen LogP contribution in [-0.2, 0) is 16.1 Å². The summed E-state index contributed by atoms with van der Waals surface area (Å²) in [4.78, 5) is 11.6. The Bertz CT molecular complexity index is 850. The van der Waals surface area contributed by atoms with Crippen LogP contribution in [0.3, 0.4) is 0 Å². The number of aliphatic hydroxyl groups excluding tert-OH is 1. The molecule has 1 aliphatic rings. The zero-order chi connectivity index (χ0) is 19.7. The van der Waals surface area contributed by atoms with Crippen LogP contribution in [0.1, 0.15) is 44.7 Å². The Morgan fingerprint density at radius 1 is 1.33 bits per heavy atom. The average Bonchev–Trinajstić information content (AvgIpc) is 2.83. The molecule has 0 radical (unpaired) electrons. The van der Waals surface area contributed by atoms with Crippen LogP contribution in [0.15, 0.2) is 24.3 Å². The van der Waals surface area contributed by atoms with Crippen LogP contribution in [0.2, 0.25) is 10.0 Å². The molecule has 27 heavy (non-hydrogen) atoms. The summed E-state index contributed by atoms with van der Waals surface area (Å²) in [5.74, 6) is -0.656. The van der Waals surface area contributed by atoms with E-state index in [4.69, 9.17) is 27.9 Å². The number of ether oxygens (including phenoxy) is 1. The van der Waals surface area contributed by atoms with E-state index in [1.54, 1.807) is 12.1 Å². The van der Waals surface area contributed by atoms with Gasteiger partial charge in [0.2, 0.25) is 0 Å². The first kappa shape index (κ1) is 20.2. The van der Waals surface area contributed by atoms with Crippen LogP contribution in [0.5, 0.6) is 0 Å². The minimum atomic E-state index is -0.680. The molecule has 0 aliphatic carbocycles. The van der Waals surface area contributed by atoms with E-state index < -0.39 is 12.1 Å². The van der Waals surface area contributed by atoms with Gasteiger partial charge in [-0.3, -0.25) is 4.79 Å². The van der Waals surface area contributed by atoms with Crippen LogP contribution in [-0.4, -0.2) is 27.9 Å². The number of hydrogen-bond acceptors (Lipinski definition) is 3. The number of carbonyl (C=O) groups excluding carboxylic acids is 1. The molecule has 0 saturated carbocycles. The van der Waals surface area contributed by atoms with Gasteiger partial charge in [-0.25, -0.2) is 4.39 Å². The van der Waals surface area contributed by atoms with Crippen LogP contribution in [0, 0.1) is 5.82 Å². The Kier molecular flexibility index (Phi) is 6.14. The third-order valence-electron chi connectivity index (χ3n) is 4.74. The van der Waals surface area contributed by atoms with E-state index in [1.165, 1.54) is 12.1 Å². The summed E-state index contributed by atoms with van der Waals surface area (Å²) < 4.78 is 21.1. The van der Waals surface area contributed by atoms with E-state index in [0.29, 0.717) is 40.7 Å². The molecule has 0 unspecified atom stereocenters. The highest BCUT2D eigenvalue weighted by Gasteiger charge is 2.29. The molecule has 3 rings (SSSR count). The monoisotopic (exact) mass is 413 g/mol. The second-order valence-corrected chi connectivity index (χ2v) is 7.93. The third kappa shape index (κ3) is 4.31. The molecular weight excluding hydrogens is 392 g/mol. The van der Waals surface area contributed by atoms with Crippen molar-refractivity contribution in [2.45, 2.75) is 57.8 Å². The van der Waals surface area contributed by atoms with E-state index >= 15 is 0 Å². The van der Waals surface area contributed by atoms with Crippen molar-refractivity contribution in [2.75, 3.05) is 0 Å². The molecule has 1 fully saturated rings. The first-order valence-electron chi connectivity index (χ1n) is 8.98. The van der Waals surface area contributed by atoms with Gasteiger partial charge >= 0.3 is 5.97 Å². The zero-order valence-corrected chi connectivity index (χ0v) is 16.7. The van der Waals surface area contributed by atoms with Crippen molar-refractivity contribution < 1.29 is 19.0 Å². The summed E-state index contributed by atoms with van der Waals surface area (Å²) in [6.45, 7) is 4.50. The van der Waals surface area contributed by atoms with E-state index in [1.807, 2.05) is 18.4 Å². The van der Waals surface area contributed by atoms with Crippen molar-refractivity contribution in [1.29, 1.82) is 0 Å². The lowest BCUT2D eigenvalue weighted by Gasteiger charge is -2.27. The number of hydrogen-bond donors (Lipinski definition) is 1. The summed E-state index contributed by atoms with van der Waals surface area (Å²) in [5.41, 5.74) is 2.13. The normalized spacial score (nSPS) is 20.2. The first-order valence-corrected chi connectivity index (χ1v) is 9.74. The van der Waals surface area contributed by atoms with E-state index in [2.05, 4.69) is 0 Å². The van der Waals surface area contributed by atoms with Gasteiger partial charge in [-0.2, -0.15) is 0 Å². The smallest absolute Gasteiger partial charge is 0.308 e. The molecule has 1 aromatic carbocycles. The molecule has 1 N–H and O–H groups in total. The van der Waals surface area contributed by atoms with Crippen molar-refractivity contribution in [2.24, 2.45) is 0 Å².